The maximum atomic E-state index is 13.2. The van der Waals surface area contributed by atoms with Gasteiger partial charge in [0, 0.05) is 35.7 Å². The van der Waals surface area contributed by atoms with E-state index in [0.29, 0.717) is 17.9 Å². The number of non-ortho nitro benzene ring substituents is 1. The predicted octanol–water partition coefficient (Wildman–Crippen LogP) is 5.27. The second-order valence-corrected chi connectivity index (χ2v) is 9.80. The van der Waals surface area contributed by atoms with Crippen LogP contribution in [-0.2, 0) is 10.2 Å². The van der Waals surface area contributed by atoms with Crippen molar-refractivity contribution in [1.82, 2.24) is 14.7 Å². The molecular formula is C27H33N5O4. The van der Waals surface area contributed by atoms with Gasteiger partial charge in [-0.1, -0.05) is 52.3 Å². The molecule has 0 saturated carbocycles. The summed E-state index contributed by atoms with van der Waals surface area (Å²) in [5.74, 6) is -0.176. The van der Waals surface area contributed by atoms with Crippen molar-refractivity contribution < 1.29 is 14.5 Å². The largest absolute Gasteiger partial charge is 0.329 e. The SMILES string of the molecule is CCCCN(CC(=O)Nc1cc(C(C)(C)C)nn1-c1ccccc1C)C(=O)c1ccc([N+](=O)[O-])cc1. The van der Waals surface area contributed by atoms with Crippen LogP contribution in [0.4, 0.5) is 11.5 Å². The zero-order valence-corrected chi connectivity index (χ0v) is 21.4. The van der Waals surface area contributed by atoms with Crippen LogP contribution in [0.25, 0.3) is 5.69 Å². The smallest absolute Gasteiger partial charge is 0.269 e. The van der Waals surface area contributed by atoms with Crippen LogP contribution >= 0.6 is 0 Å². The molecule has 36 heavy (non-hydrogen) atoms. The van der Waals surface area contributed by atoms with Crippen molar-refractivity contribution in [3.63, 3.8) is 0 Å². The third-order valence-corrected chi connectivity index (χ3v) is 5.82. The van der Waals surface area contributed by atoms with E-state index in [1.165, 1.54) is 29.2 Å². The molecule has 0 saturated heterocycles. The number of carbonyl (C=O) groups is 2. The van der Waals surface area contributed by atoms with Gasteiger partial charge in [-0.2, -0.15) is 5.10 Å². The molecule has 2 aromatic carbocycles. The number of nitrogens with one attached hydrogen (secondary N) is 1. The van der Waals surface area contributed by atoms with Gasteiger partial charge in [-0.25, -0.2) is 4.68 Å². The Bertz CT molecular complexity index is 1240. The van der Waals surface area contributed by atoms with Gasteiger partial charge in [-0.3, -0.25) is 19.7 Å². The van der Waals surface area contributed by atoms with Crippen molar-refractivity contribution >= 4 is 23.3 Å². The fraction of sp³-hybridized carbons (Fsp3) is 0.370. The Morgan fingerprint density at radius 1 is 1.11 bits per heavy atom. The number of benzene rings is 2. The molecule has 190 valence electrons. The number of aromatic nitrogens is 2. The number of anilines is 1. The zero-order valence-electron chi connectivity index (χ0n) is 21.4. The average Bonchev–Trinajstić information content (AvgIpc) is 3.25. The molecule has 0 fully saturated rings. The number of nitro groups is 1. The summed E-state index contributed by atoms with van der Waals surface area (Å²) in [7, 11) is 0. The van der Waals surface area contributed by atoms with Crippen LogP contribution in [0.2, 0.25) is 0 Å². The van der Waals surface area contributed by atoms with E-state index in [-0.39, 0.29) is 29.5 Å². The number of rotatable bonds is 9. The highest BCUT2D eigenvalue weighted by Gasteiger charge is 2.24. The van der Waals surface area contributed by atoms with Crippen LogP contribution in [0.15, 0.2) is 54.6 Å². The van der Waals surface area contributed by atoms with Gasteiger partial charge in [-0.05, 0) is 37.1 Å². The molecule has 0 aliphatic rings. The Morgan fingerprint density at radius 2 is 1.78 bits per heavy atom. The Hall–Kier alpha value is -4.01. The molecular weight excluding hydrogens is 458 g/mol. The van der Waals surface area contributed by atoms with E-state index in [9.17, 15) is 19.7 Å². The molecule has 0 spiro atoms. The monoisotopic (exact) mass is 491 g/mol. The minimum Gasteiger partial charge on any atom is -0.329 e. The lowest BCUT2D eigenvalue weighted by atomic mass is 9.92. The number of aryl methyl sites for hydroxylation is 1. The van der Waals surface area contributed by atoms with Crippen LogP contribution in [-0.4, -0.2) is 44.5 Å². The number of unbranched alkanes of at least 4 members (excludes halogenated alkanes) is 1. The molecule has 1 aromatic heterocycles. The van der Waals surface area contributed by atoms with Gasteiger partial charge in [0.25, 0.3) is 11.6 Å². The molecule has 1 N–H and O–H groups in total. The second-order valence-electron chi connectivity index (χ2n) is 9.80. The van der Waals surface area contributed by atoms with Crippen molar-refractivity contribution in [2.24, 2.45) is 0 Å². The van der Waals surface area contributed by atoms with Crippen molar-refractivity contribution in [3.05, 3.63) is 81.5 Å². The normalized spacial score (nSPS) is 11.2. The first-order chi connectivity index (χ1) is 17.0. The minimum absolute atomic E-state index is 0.0940. The van der Waals surface area contributed by atoms with Crippen LogP contribution < -0.4 is 5.32 Å². The summed E-state index contributed by atoms with van der Waals surface area (Å²) in [5.41, 5.74) is 2.66. The summed E-state index contributed by atoms with van der Waals surface area (Å²) in [5, 5.41) is 18.7. The van der Waals surface area contributed by atoms with E-state index >= 15 is 0 Å². The maximum Gasteiger partial charge on any atom is 0.269 e. The predicted molar refractivity (Wildman–Crippen MR) is 140 cm³/mol. The molecule has 3 rings (SSSR count). The van der Waals surface area contributed by atoms with Crippen LogP contribution in [0.5, 0.6) is 0 Å². The fourth-order valence-electron chi connectivity index (χ4n) is 3.69. The van der Waals surface area contributed by atoms with E-state index in [1.54, 1.807) is 4.68 Å². The van der Waals surface area contributed by atoms with Gasteiger partial charge >= 0.3 is 0 Å². The summed E-state index contributed by atoms with van der Waals surface area (Å²) in [6.07, 6.45) is 1.57. The quantitative estimate of drug-likeness (QED) is 0.324. The van der Waals surface area contributed by atoms with E-state index in [0.717, 1.165) is 29.8 Å². The molecule has 0 radical (unpaired) electrons. The summed E-state index contributed by atoms with van der Waals surface area (Å²) >= 11 is 0. The fourth-order valence-corrected chi connectivity index (χ4v) is 3.69. The first-order valence-corrected chi connectivity index (χ1v) is 12.0. The summed E-state index contributed by atoms with van der Waals surface area (Å²) in [4.78, 5) is 38.2. The summed E-state index contributed by atoms with van der Waals surface area (Å²) in [6, 6.07) is 15.1. The zero-order chi connectivity index (χ0) is 26.5. The first-order valence-electron chi connectivity index (χ1n) is 12.0. The van der Waals surface area contributed by atoms with Gasteiger partial charge in [-0.15, -0.1) is 0 Å². The van der Waals surface area contributed by atoms with Crippen molar-refractivity contribution in [2.75, 3.05) is 18.4 Å². The Kier molecular flexibility index (Phi) is 8.24. The summed E-state index contributed by atoms with van der Waals surface area (Å²) in [6.45, 7) is 10.4. The lowest BCUT2D eigenvalue weighted by molar-refractivity contribution is -0.384. The Labute approximate surface area is 211 Å². The molecule has 9 heteroatoms. The summed E-state index contributed by atoms with van der Waals surface area (Å²) < 4.78 is 1.72. The Morgan fingerprint density at radius 3 is 2.36 bits per heavy atom. The number of carbonyl (C=O) groups excluding carboxylic acids is 2. The second kappa shape index (κ2) is 11.2. The van der Waals surface area contributed by atoms with Crippen molar-refractivity contribution in [2.45, 2.75) is 52.9 Å². The number of amides is 2. The topological polar surface area (TPSA) is 110 Å². The molecule has 0 bridgehead atoms. The van der Waals surface area contributed by atoms with Crippen molar-refractivity contribution in [1.29, 1.82) is 0 Å². The van der Waals surface area contributed by atoms with E-state index < -0.39 is 4.92 Å². The first kappa shape index (κ1) is 26.6. The molecule has 0 aliphatic heterocycles. The van der Waals surface area contributed by atoms with Gasteiger partial charge in [0.1, 0.15) is 12.4 Å². The van der Waals surface area contributed by atoms with Crippen LogP contribution in [0.3, 0.4) is 0 Å². The molecule has 9 nitrogen and oxygen atoms in total. The highest BCUT2D eigenvalue weighted by Crippen LogP contribution is 2.27. The lowest BCUT2D eigenvalue weighted by Gasteiger charge is -2.22. The number of para-hydroxylation sites is 1. The standard InChI is InChI=1S/C27H33N5O4/c1-6-7-16-30(26(34)20-12-14-21(15-13-20)32(35)36)18-25(33)28-24-17-23(27(3,4)5)29-31(24)22-11-9-8-10-19(22)2/h8-15,17H,6-7,16,18H2,1-5H3,(H,28,33). The third-order valence-electron chi connectivity index (χ3n) is 5.82. The van der Waals surface area contributed by atoms with Crippen LogP contribution in [0, 0.1) is 17.0 Å². The highest BCUT2D eigenvalue weighted by atomic mass is 16.6. The van der Waals surface area contributed by atoms with Gasteiger partial charge in [0.2, 0.25) is 5.91 Å². The maximum absolute atomic E-state index is 13.2. The molecule has 3 aromatic rings. The lowest BCUT2D eigenvalue weighted by Crippen LogP contribution is -2.39. The Balaban J connectivity index is 1.86. The molecule has 0 atom stereocenters. The number of hydrogen-bond acceptors (Lipinski definition) is 5. The molecule has 0 unspecified atom stereocenters. The van der Waals surface area contributed by atoms with E-state index in [2.05, 4.69) is 26.1 Å². The highest BCUT2D eigenvalue weighted by molar-refractivity contribution is 5.99. The number of nitrogens with zero attached hydrogens (tertiary/aromatic N) is 4. The number of nitro benzene ring substituents is 1. The third kappa shape index (κ3) is 6.35. The average molecular weight is 492 g/mol. The van der Waals surface area contributed by atoms with E-state index in [4.69, 9.17) is 5.10 Å². The molecule has 2 amide bonds. The van der Waals surface area contributed by atoms with Gasteiger partial charge < -0.3 is 10.2 Å². The van der Waals surface area contributed by atoms with Gasteiger partial charge in [0.15, 0.2) is 0 Å². The number of hydrogen-bond donors (Lipinski definition) is 1. The van der Waals surface area contributed by atoms with Gasteiger partial charge in [0.05, 0.1) is 16.3 Å². The molecule has 1 heterocycles. The van der Waals surface area contributed by atoms with Crippen LogP contribution in [0.1, 0.15) is 62.2 Å². The molecule has 0 aliphatic carbocycles. The van der Waals surface area contributed by atoms with E-state index in [1.807, 2.05) is 44.2 Å². The van der Waals surface area contributed by atoms with Crippen molar-refractivity contribution in [3.8, 4) is 5.69 Å². The minimum atomic E-state index is -0.514.